The van der Waals surface area contributed by atoms with E-state index < -0.39 is 6.10 Å². The SMILES string of the molecule is CN(C)CCCNC(=O)[C@@H]1CC(c2cccc(Br)c2)=NO1. The second kappa shape index (κ2) is 7.56. The number of hydrogen-bond donors (Lipinski definition) is 1. The van der Waals surface area contributed by atoms with Crippen LogP contribution in [0.2, 0.25) is 0 Å². The van der Waals surface area contributed by atoms with Crippen LogP contribution in [0.5, 0.6) is 0 Å². The molecule has 0 aliphatic carbocycles. The Bertz CT molecular complexity index is 531. The summed E-state index contributed by atoms with van der Waals surface area (Å²) >= 11 is 3.43. The van der Waals surface area contributed by atoms with E-state index in [1.165, 1.54) is 0 Å². The van der Waals surface area contributed by atoms with Crippen molar-refractivity contribution in [1.82, 2.24) is 10.2 Å². The van der Waals surface area contributed by atoms with E-state index in [9.17, 15) is 4.79 Å². The Morgan fingerprint density at radius 3 is 3.05 bits per heavy atom. The summed E-state index contributed by atoms with van der Waals surface area (Å²) in [5, 5.41) is 6.92. The van der Waals surface area contributed by atoms with Crippen molar-refractivity contribution in [2.24, 2.45) is 5.16 Å². The highest BCUT2D eigenvalue weighted by Gasteiger charge is 2.28. The zero-order valence-electron chi connectivity index (χ0n) is 12.3. The molecular formula is C15H20BrN3O2. The lowest BCUT2D eigenvalue weighted by molar-refractivity contribution is -0.131. The monoisotopic (exact) mass is 353 g/mol. The van der Waals surface area contributed by atoms with E-state index >= 15 is 0 Å². The lowest BCUT2D eigenvalue weighted by Crippen LogP contribution is -2.36. The van der Waals surface area contributed by atoms with Crippen LogP contribution in [0.15, 0.2) is 33.9 Å². The van der Waals surface area contributed by atoms with E-state index in [4.69, 9.17) is 4.84 Å². The average Bonchev–Trinajstić information content (AvgIpc) is 2.93. The van der Waals surface area contributed by atoms with Crippen molar-refractivity contribution >= 4 is 27.5 Å². The van der Waals surface area contributed by atoms with Crippen molar-refractivity contribution in [3.8, 4) is 0 Å². The third-order valence-electron chi connectivity index (χ3n) is 3.20. The van der Waals surface area contributed by atoms with Crippen LogP contribution in [0.1, 0.15) is 18.4 Å². The van der Waals surface area contributed by atoms with Gasteiger partial charge >= 0.3 is 0 Å². The Hall–Kier alpha value is -1.40. The number of oxime groups is 1. The second-order valence-electron chi connectivity index (χ2n) is 5.29. The maximum Gasteiger partial charge on any atom is 0.264 e. The molecule has 1 aliphatic rings. The highest BCUT2D eigenvalue weighted by molar-refractivity contribution is 9.10. The van der Waals surface area contributed by atoms with Crippen LogP contribution in [0.3, 0.4) is 0 Å². The number of carbonyl (C=O) groups is 1. The van der Waals surface area contributed by atoms with Crippen molar-refractivity contribution < 1.29 is 9.63 Å². The van der Waals surface area contributed by atoms with Gasteiger partial charge in [-0.1, -0.05) is 33.2 Å². The molecule has 1 N–H and O–H groups in total. The van der Waals surface area contributed by atoms with E-state index in [0.717, 1.165) is 28.7 Å². The molecule has 1 aromatic carbocycles. The molecule has 0 aromatic heterocycles. The van der Waals surface area contributed by atoms with Gasteiger partial charge in [0.1, 0.15) is 0 Å². The normalized spacial score (nSPS) is 17.5. The molecule has 1 atom stereocenters. The average molecular weight is 354 g/mol. The van der Waals surface area contributed by atoms with Crippen molar-refractivity contribution in [3.63, 3.8) is 0 Å². The lowest BCUT2D eigenvalue weighted by Gasteiger charge is -2.11. The molecule has 1 aliphatic heterocycles. The predicted octanol–water partition coefficient (Wildman–Crippen LogP) is 2.01. The van der Waals surface area contributed by atoms with Gasteiger partial charge in [-0.15, -0.1) is 0 Å². The molecule has 6 heteroatoms. The zero-order chi connectivity index (χ0) is 15.2. The first-order valence-corrected chi connectivity index (χ1v) is 7.76. The molecule has 1 amide bonds. The van der Waals surface area contributed by atoms with Crippen LogP contribution in [-0.2, 0) is 9.63 Å². The van der Waals surface area contributed by atoms with Crippen molar-refractivity contribution in [2.75, 3.05) is 27.2 Å². The number of carbonyl (C=O) groups excluding carboxylic acids is 1. The van der Waals surface area contributed by atoms with Gasteiger partial charge in [-0.05, 0) is 39.2 Å². The smallest absolute Gasteiger partial charge is 0.264 e. The van der Waals surface area contributed by atoms with E-state index in [1.807, 2.05) is 38.4 Å². The van der Waals surface area contributed by atoms with Gasteiger partial charge < -0.3 is 15.1 Å². The summed E-state index contributed by atoms with van der Waals surface area (Å²) in [6.45, 7) is 1.61. The second-order valence-corrected chi connectivity index (χ2v) is 6.21. The number of nitrogens with one attached hydrogen (secondary N) is 1. The van der Waals surface area contributed by atoms with Gasteiger partial charge in [0.15, 0.2) is 0 Å². The Kier molecular flexibility index (Phi) is 5.76. The third-order valence-corrected chi connectivity index (χ3v) is 3.69. The van der Waals surface area contributed by atoms with Crippen molar-refractivity contribution in [2.45, 2.75) is 18.9 Å². The molecule has 1 heterocycles. The number of hydrogen-bond acceptors (Lipinski definition) is 4. The summed E-state index contributed by atoms with van der Waals surface area (Å²) in [5.41, 5.74) is 1.79. The molecular weight excluding hydrogens is 334 g/mol. The standard InChI is InChI=1S/C15H20BrN3O2/c1-19(2)8-4-7-17-15(20)14-10-13(18-21-14)11-5-3-6-12(16)9-11/h3,5-6,9,14H,4,7-8,10H2,1-2H3,(H,17,20)/t14-/m0/s1. The molecule has 1 aromatic rings. The van der Waals surface area contributed by atoms with E-state index in [1.54, 1.807) is 0 Å². The van der Waals surface area contributed by atoms with E-state index in [-0.39, 0.29) is 5.91 Å². The molecule has 21 heavy (non-hydrogen) atoms. The Morgan fingerprint density at radius 2 is 2.33 bits per heavy atom. The third kappa shape index (κ3) is 4.82. The van der Waals surface area contributed by atoms with Gasteiger partial charge in [0.25, 0.3) is 5.91 Å². The van der Waals surface area contributed by atoms with Gasteiger partial charge in [-0.3, -0.25) is 4.79 Å². The summed E-state index contributed by atoms with van der Waals surface area (Å²) in [4.78, 5) is 19.3. The maximum atomic E-state index is 12.0. The molecule has 0 bridgehead atoms. The first-order chi connectivity index (χ1) is 10.1. The van der Waals surface area contributed by atoms with Crippen LogP contribution < -0.4 is 5.32 Å². The molecule has 0 radical (unpaired) electrons. The van der Waals surface area contributed by atoms with Gasteiger partial charge in [0.2, 0.25) is 6.10 Å². The summed E-state index contributed by atoms with van der Waals surface area (Å²) in [5.74, 6) is -0.0949. The van der Waals surface area contributed by atoms with Crippen molar-refractivity contribution in [3.05, 3.63) is 34.3 Å². The Labute approximate surface area is 133 Å². The van der Waals surface area contributed by atoms with Gasteiger partial charge in [-0.25, -0.2) is 0 Å². The number of benzene rings is 1. The molecule has 0 unspecified atom stereocenters. The fraction of sp³-hybridized carbons (Fsp3) is 0.467. The zero-order valence-corrected chi connectivity index (χ0v) is 13.9. The minimum Gasteiger partial charge on any atom is -0.382 e. The van der Waals surface area contributed by atoms with Crippen LogP contribution >= 0.6 is 15.9 Å². The minimum atomic E-state index is -0.515. The lowest BCUT2D eigenvalue weighted by atomic mass is 10.0. The summed E-state index contributed by atoms with van der Waals surface area (Å²) < 4.78 is 0.985. The summed E-state index contributed by atoms with van der Waals surface area (Å²) in [6.07, 6.45) is 0.916. The predicted molar refractivity (Wildman–Crippen MR) is 86.3 cm³/mol. The Morgan fingerprint density at radius 1 is 1.52 bits per heavy atom. The Balaban J connectivity index is 1.80. The van der Waals surface area contributed by atoms with Crippen LogP contribution in [-0.4, -0.2) is 49.8 Å². The van der Waals surface area contributed by atoms with E-state index in [2.05, 4.69) is 31.3 Å². The topological polar surface area (TPSA) is 53.9 Å². The number of nitrogens with zero attached hydrogens (tertiary/aromatic N) is 2. The van der Waals surface area contributed by atoms with E-state index in [0.29, 0.717) is 13.0 Å². The quantitative estimate of drug-likeness (QED) is 0.796. The molecule has 0 saturated carbocycles. The molecule has 0 fully saturated rings. The molecule has 0 spiro atoms. The highest BCUT2D eigenvalue weighted by Crippen LogP contribution is 2.19. The molecule has 2 rings (SSSR count). The van der Waals surface area contributed by atoms with Gasteiger partial charge in [0, 0.05) is 23.0 Å². The molecule has 5 nitrogen and oxygen atoms in total. The van der Waals surface area contributed by atoms with Crippen LogP contribution in [0.25, 0.3) is 0 Å². The molecule has 114 valence electrons. The molecule has 0 saturated heterocycles. The first kappa shape index (κ1) is 16.0. The van der Waals surface area contributed by atoms with Gasteiger partial charge in [0.05, 0.1) is 5.71 Å². The van der Waals surface area contributed by atoms with Crippen LogP contribution in [0.4, 0.5) is 0 Å². The summed E-state index contributed by atoms with van der Waals surface area (Å²) in [7, 11) is 4.03. The summed E-state index contributed by atoms with van der Waals surface area (Å²) in [6, 6.07) is 7.83. The van der Waals surface area contributed by atoms with Crippen molar-refractivity contribution in [1.29, 1.82) is 0 Å². The van der Waals surface area contributed by atoms with Crippen LogP contribution in [0, 0.1) is 0 Å². The number of rotatable bonds is 6. The van der Waals surface area contributed by atoms with Gasteiger partial charge in [-0.2, -0.15) is 0 Å². The fourth-order valence-electron chi connectivity index (χ4n) is 2.08. The first-order valence-electron chi connectivity index (χ1n) is 6.97. The fourth-order valence-corrected chi connectivity index (χ4v) is 2.48. The minimum absolute atomic E-state index is 0.0949. The highest BCUT2D eigenvalue weighted by atomic mass is 79.9. The largest absolute Gasteiger partial charge is 0.382 e. The number of amides is 1. The number of halogens is 1. The maximum absolute atomic E-state index is 12.0.